The van der Waals surface area contributed by atoms with E-state index in [1.165, 1.54) is 36.6 Å². The summed E-state index contributed by atoms with van der Waals surface area (Å²) in [4.78, 5) is 7.29. The van der Waals surface area contributed by atoms with Crippen molar-refractivity contribution in [3.05, 3.63) is 16.1 Å². The van der Waals surface area contributed by atoms with Crippen LogP contribution in [0.3, 0.4) is 0 Å². The number of thiazole rings is 1. The average Bonchev–Trinajstić information content (AvgIpc) is 2.73. The molecule has 0 saturated carbocycles. The molecule has 4 heteroatoms. The van der Waals surface area contributed by atoms with Crippen molar-refractivity contribution in [1.82, 2.24) is 15.2 Å². The SMILES string of the molecule is CC1CCCN(Cc2csc(CNC(C)(C)C)n2)C1. The molecule has 1 aromatic rings. The van der Waals surface area contributed by atoms with Crippen molar-refractivity contribution in [3.8, 4) is 0 Å². The fourth-order valence-electron chi connectivity index (χ4n) is 2.50. The predicted molar refractivity (Wildman–Crippen MR) is 82.4 cm³/mol. The highest BCUT2D eigenvalue weighted by atomic mass is 32.1. The van der Waals surface area contributed by atoms with Gasteiger partial charge in [0.2, 0.25) is 0 Å². The Morgan fingerprint density at radius 1 is 1.47 bits per heavy atom. The van der Waals surface area contributed by atoms with Crippen LogP contribution in [0, 0.1) is 5.92 Å². The molecule has 19 heavy (non-hydrogen) atoms. The third kappa shape index (κ3) is 5.21. The van der Waals surface area contributed by atoms with Crippen LogP contribution in [0.4, 0.5) is 0 Å². The standard InChI is InChI=1S/C15H27N3S/c1-12-6-5-7-18(9-12)10-13-11-19-14(17-13)8-16-15(2,3)4/h11-12,16H,5-10H2,1-4H3. The largest absolute Gasteiger partial charge is 0.306 e. The number of aromatic nitrogens is 1. The molecule has 0 aromatic carbocycles. The molecular formula is C15H27N3S. The summed E-state index contributed by atoms with van der Waals surface area (Å²) in [5.74, 6) is 0.842. The molecule has 0 radical (unpaired) electrons. The van der Waals surface area contributed by atoms with E-state index in [-0.39, 0.29) is 5.54 Å². The molecule has 0 spiro atoms. The zero-order chi connectivity index (χ0) is 13.9. The van der Waals surface area contributed by atoms with Crippen molar-refractivity contribution >= 4 is 11.3 Å². The topological polar surface area (TPSA) is 28.2 Å². The zero-order valence-electron chi connectivity index (χ0n) is 12.7. The molecule has 1 N–H and O–H groups in total. The maximum Gasteiger partial charge on any atom is 0.107 e. The highest BCUT2D eigenvalue weighted by molar-refractivity contribution is 7.09. The fraction of sp³-hybridized carbons (Fsp3) is 0.800. The first-order valence-corrected chi connectivity index (χ1v) is 8.21. The third-order valence-electron chi connectivity index (χ3n) is 3.50. The van der Waals surface area contributed by atoms with Crippen molar-refractivity contribution in [1.29, 1.82) is 0 Å². The Bertz CT molecular complexity index is 394. The van der Waals surface area contributed by atoms with Crippen molar-refractivity contribution in [2.45, 2.75) is 59.2 Å². The quantitative estimate of drug-likeness (QED) is 0.918. The van der Waals surface area contributed by atoms with E-state index in [4.69, 9.17) is 4.98 Å². The smallest absolute Gasteiger partial charge is 0.107 e. The fourth-order valence-corrected chi connectivity index (χ4v) is 3.23. The molecule has 1 atom stereocenters. The van der Waals surface area contributed by atoms with Gasteiger partial charge in [0, 0.05) is 30.6 Å². The van der Waals surface area contributed by atoms with Crippen molar-refractivity contribution in [2.24, 2.45) is 5.92 Å². The Morgan fingerprint density at radius 3 is 2.95 bits per heavy atom. The van der Waals surface area contributed by atoms with Gasteiger partial charge in [0.15, 0.2) is 0 Å². The lowest BCUT2D eigenvalue weighted by Crippen LogP contribution is -2.35. The average molecular weight is 281 g/mol. The van der Waals surface area contributed by atoms with E-state index >= 15 is 0 Å². The lowest BCUT2D eigenvalue weighted by molar-refractivity contribution is 0.175. The zero-order valence-corrected chi connectivity index (χ0v) is 13.5. The molecule has 0 bridgehead atoms. The number of piperidine rings is 1. The van der Waals surface area contributed by atoms with Gasteiger partial charge in [-0.25, -0.2) is 4.98 Å². The van der Waals surface area contributed by atoms with Gasteiger partial charge in [-0.15, -0.1) is 11.3 Å². The second-order valence-electron chi connectivity index (χ2n) is 6.82. The first-order valence-electron chi connectivity index (χ1n) is 7.33. The molecule has 1 saturated heterocycles. The number of likely N-dealkylation sites (tertiary alicyclic amines) is 1. The summed E-state index contributed by atoms with van der Waals surface area (Å²) in [6.45, 7) is 13.3. The summed E-state index contributed by atoms with van der Waals surface area (Å²) < 4.78 is 0. The minimum Gasteiger partial charge on any atom is -0.306 e. The predicted octanol–water partition coefficient (Wildman–Crippen LogP) is 3.26. The van der Waals surface area contributed by atoms with E-state index in [1.807, 2.05) is 0 Å². The monoisotopic (exact) mass is 281 g/mol. The van der Waals surface area contributed by atoms with E-state index in [1.54, 1.807) is 11.3 Å². The van der Waals surface area contributed by atoms with Crippen LogP contribution in [0.1, 0.15) is 51.2 Å². The highest BCUT2D eigenvalue weighted by Crippen LogP contribution is 2.19. The Balaban J connectivity index is 1.83. The van der Waals surface area contributed by atoms with Gasteiger partial charge in [-0.2, -0.15) is 0 Å². The molecule has 1 aliphatic rings. The van der Waals surface area contributed by atoms with Crippen LogP contribution in [0.25, 0.3) is 0 Å². The molecule has 1 aliphatic heterocycles. The summed E-state index contributed by atoms with van der Waals surface area (Å²) in [7, 11) is 0. The molecule has 1 unspecified atom stereocenters. The summed E-state index contributed by atoms with van der Waals surface area (Å²) in [6.07, 6.45) is 2.72. The molecule has 3 nitrogen and oxygen atoms in total. The van der Waals surface area contributed by atoms with Crippen LogP contribution in [0.5, 0.6) is 0 Å². The van der Waals surface area contributed by atoms with E-state index in [9.17, 15) is 0 Å². The van der Waals surface area contributed by atoms with Gasteiger partial charge in [0.1, 0.15) is 5.01 Å². The Kier molecular flexibility index (Phi) is 4.98. The molecule has 0 amide bonds. The number of hydrogen-bond acceptors (Lipinski definition) is 4. The van der Waals surface area contributed by atoms with Gasteiger partial charge in [0.25, 0.3) is 0 Å². The second kappa shape index (κ2) is 6.33. The molecule has 108 valence electrons. The van der Waals surface area contributed by atoms with Gasteiger partial charge in [-0.05, 0) is 46.1 Å². The lowest BCUT2D eigenvalue weighted by atomic mass is 10.0. The Hall–Kier alpha value is -0.450. The molecule has 1 fully saturated rings. The van der Waals surface area contributed by atoms with Gasteiger partial charge in [-0.1, -0.05) is 6.92 Å². The maximum atomic E-state index is 4.75. The first-order chi connectivity index (χ1) is 8.92. The van der Waals surface area contributed by atoms with E-state index in [0.717, 1.165) is 19.0 Å². The summed E-state index contributed by atoms with van der Waals surface area (Å²) in [6, 6.07) is 0. The molecule has 2 heterocycles. The van der Waals surface area contributed by atoms with Crippen molar-refractivity contribution in [2.75, 3.05) is 13.1 Å². The minimum absolute atomic E-state index is 0.161. The Labute approximate surface area is 121 Å². The molecule has 1 aromatic heterocycles. The van der Waals surface area contributed by atoms with Gasteiger partial charge in [-0.3, -0.25) is 4.90 Å². The van der Waals surface area contributed by atoms with Crippen LogP contribution in [0.15, 0.2) is 5.38 Å². The van der Waals surface area contributed by atoms with Crippen LogP contribution in [-0.2, 0) is 13.1 Å². The van der Waals surface area contributed by atoms with E-state index < -0.39 is 0 Å². The molecule has 2 rings (SSSR count). The van der Waals surface area contributed by atoms with Crippen LogP contribution < -0.4 is 5.32 Å². The van der Waals surface area contributed by atoms with Gasteiger partial charge >= 0.3 is 0 Å². The summed E-state index contributed by atoms with van der Waals surface area (Å²) in [5.41, 5.74) is 1.40. The highest BCUT2D eigenvalue weighted by Gasteiger charge is 2.17. The second-order valence-corrected chi connectivity index (χ2v) is 7.76. The summed E-state index contributed by atoms with van der Waals surface area (Å²) in [5, 5.41) is 6.92. The third-order valence-corrected chi connectivity index (χ3v) is 4.39. The minimum atomic E-state index is 0.161. The van der Waals surface area contributed by atoms with E-state index in [0.29, 0.717) is 0 Å². The maximum absolute atomic E-state index is 4.75. The van der Waals surface area contributed by atoms with Crippen LogP contribution >= 0.6 is 11.3 Å². The first kappa shape index (κ1) is 14.9. The normalized spacial score (nSPS) is 21.8. The molecule has 0 aliphatic carbocycles. The van der Waals surface area contributed by atoms with Crippen molar-refractivity contribution < 1.29 is 0 Å². The number of hydrogen-bond donors (Lipinski definition) is 1. The molecular weight excluding hydrogens is 254 g/mol. The number of nitrogens with one attached hydrogen (secondary N) is 1. The van der Waals surface area contributed by atoms with Crippen molar-refractivity contribution in [3.63, 3.8) is 0 Å². The van der Waals surface area contributed by atoms with Gasteiger partial charge < -0.3 is 5.32 Å². The number of nitrogens with zero attached hydrogens (tertiary/aromatic N) is 2. The van der Waals surface area contributed by atoms with Crippen LogP contribution in [0.2, 0.25) is 0 Å². The summed E-state index contributed by atoms with van der Waals surface area (Å²) >= 11 is 1.78. The Morgan fingerprint density at radius 2 is 2.26 bits per heavy atom. The van der Waals surface area contributed by atoms with E-state index in [2.05, 4.69) is 43.3 Å². The lowest BCUT2D eigenvalue weighted by Gasteiger charge is -2.30. The van der Waals surface area contributed by atoms with Gasteiger partial charge in [0.05, 0.1) is 5.69 Å². The number of rotatable bonds is 4. The van der Waals surface area contributed by atoms with Crippen LogP contribution in [-0.4, -0.2) is 28.5 Å².